The Hall–Kier alpha value is -2.94. The lowest BCUT2D eigenvalue weighted by atomic mass is 10.2. The first-order valence-electron chi connectivity index (χ1n) is 7.11. The van der Waals surface area contributed by atoms with Crippen molar-refractivity contribution < 1.29 is 4.92 Å². The maximum absolute atomic E-state index is 11.2. The molecule has 0 amide bonds. The van der Waals surface area contributed by atoms with Crippen LogP contribution in [-0.4, -0.2) is 28.0 Å². The Kier molecular flexibility index (Phi) is 5.26. The zero-order valence-electron chi connectivity index (χ0n) is 12.7. The first kappa shape index (κ1) is 16.4. The second-order valence-corrected chi connectivity index (χ2v) is 4.95. The van der Waals surface area contributed by atoms with E-state index in [4.69, 9.17) is 11.5 Å². The van der Waals surface area contributed by atoms with Crippen LogP contribution in [0.5, 0.6) is 0 Å². The van der Waals surface area contributed by atoms with E-state index in [2.05, 4.69) is 20.6 Å². The molecule has 0 aliphatic rings. The van der Waals surface area contributed by atoms with Gasteiger partial charge in [0.1, 0.15) is 0 Å². The van der Waals surface area contributed by atoms with Crippen molar-refractivity contribution in [3.8, 4) is 0 Å². The van der Waals surface area contributed by atoms with Crippen LogP contribution in [0.15, 0.2) is 24.3 Å². The number of anilines is 4. The van der Waals surface area contributed by atoms with Crippen molar-refractivity contribution >= 4 is 29.0 Å². The fourth-order valence-corrected chi connectivity index (χ4v) is 1.98. The highest BCUT2D eigenvalue weighted by atomic mass is 16.6. The van der Waals surface area contributed by atoms with Gasteiger partial charge >= 0.3 is 5.69 Å². The number of aryl methyl sites for hydroxylation is 1. The Balaban J connectivity index is 2.35. The molecule has 0 bridgehead atoms. The van der Waals surface area contributed by atoms with Crippen molar-refractivity contribution in [2.24, 2.45) is 5.73 Å². The van der Waals surface area contributed by atoms with Crippen molar-refractivity contribution in [1.82, 2.24) is 9.97 Å². The summed E-state index contributed by atoms with van der Waals surface area (Å²) >= 11 is 0. The van der Waals surface area contributed by atoms with Gasteiger partial charge in [0.15, 0.2) is 0 Å². The van der Waals surface area contributed by atoms with Crippen LogP contribution in [0.4, 0.5) is 29.0 Å². The molecule has 6 N–H and O–H groups in total. The molecule has 0 radical (unpaired) electrons. The molecule has 0 aliphatic heterocycles. The summed E-state index contributed by atoms with van der Waals surface area (Å²) in [6.45, 7) is 3.00. The van der Waals surface area contributed by atoms with Crippen molar-refractivity contribution in [1.29, 1.82) is 0 Å². The van der Waals surface area contributed by atoms with Crippen molar-refractivity contribution in [3.05, 3.63) is 39.9 Å². The average molecular weight is 317 g/mol. The molecule has 9 nitrogen and oxygen atoms in total. The average Bonchev–Trinajstić information content (AvgIpc) is 2.46. The smallest absolute Gasteiger partial charge is 0.353 e. The molecule has 2 rings (SSSR count). The topological polar surface area (TPSA) is 145 Å². The number of nitrogen functional groups attached to an aromatic ring is 1. The van der Waals surface area contributed by atoms with E-state index in [9.17, 15) is 10.1 Å². The molecular weight excluding hydrogens is 298 g/mol. The van der Waals surface area contributed by atoms with Crippen LogP contribution >= 0.6 is 0 Å². The minimum atomic E-state index is -0.600. The van der Waals surface area contributed by atoms with E-state index in [-0.39, 0.29) is 23.3 Å². The van der Waals surface area contributed by atoms with E-state index in [0.717, 1.165) is 12.0 Å². The Morgan fingerprint density at radius 3 is 2.78 bits per heavy atom. The van der Waals surface area contributed by atoms with Crippen LogP contribution in [0.3, 0.4) is 0 Å². The van der Waals surface area contributed by atoms with Crippen LogP contribution in [0.2, 0.25) is 0 Å². The molecule has 9 heteroatoms. The van der Waals surface area contributed by atoms with Gasteiger partial charge in [0.25, 0.3) is 0 Å². The van der Waals surface area contributed by atoms with E-state index in [1.165, 1.54) is 0 Å². The van der Waals surface area contributed by atoms with Crippen LogP contribution in [-0.2, 0) is 0 Å². The third-order valence-corrected chi connectivity index (χ3v) is 3.04. The quantitative estimate of drug-likeness (QED) is 0.343. The molecule has 0 aliphatic carbocycles. The summed E-state index contributed by atoms with van der Waals surface area (Å²) in [6.07, 6.45) is 0.723. The lowest BCUT2D eigenvalue weighted by Gasteiger charge is -2.10. The van der Waals surface area contributed by atoms with Gasteiger partial charge < -0.3 is 22.1 Å². The molecule has 0 saturated carbocycles. The number of nitrogens with one attached hydrogen (secondary N) is 2. The molecule has 1 aromatic carbocycles. The Labute approximate surface area is 133 Å². The Morgan fingerprint density at radius 2 is 2.13 bits per heavy atom. The van der Waals surface area contributed by atoms with E-state index in [1.807, 2.05) is 25.1 Å². The summed E-state index contributed by atoms with van der Waals surface area (Å²) in [6, 6.07) is 7.41. The van der Waals surface area contributed by atoms with Crippen molar-refractivity contribution in [2.75, 3.05) is 29.5 Å². The number of nitrogens with two attached hydrogens (primary N) is 2. The molecule has 23 heavy (non-hydrogen) atoms. The van der Waals surface area contributed by atoms with E-state index in [1.54, 1.807) is 6.07 Å². The first-order valence-corrected chi connectivity index (χ1v) is 7.11. The number of benzene rings is 1. The molecule has 0 saturated heterocycles. The fraction of sp³-hybridized carbons (Fsp3) is 0.286. The number of nitrogens with zero attached hydrogens (tertiary/aromatic N) is 3. The Bertz CT molecular complexity index is 706. The van der Waals surface area contributed by atoms with Gasteiger partial charge in [-0.25, -0.2) is 0 Å². The number of rotatable bonds is 7. The normalized spacial score (nSPS) is 10.3. The zero-order valence-corrected chi connectivity index (χ0v) is 12.7. The fourth-order valence-electron chi connectivity index (χ4n) is 1.98. The maximum atomic E-state index is 11.2. The number of nitro groups is 1. The third-order valence-electron chi connectivity index (χ3n) is 3.04. The number of hydrogen-bond acceptors (Lipinski definition) is 8. The van der Waals surface area contributed by atoms with E-state index >= 15 is 0 Å². The lowest BCUT2D eigenvalue weighted by Crippen LogP contribution is -2.13. The largest absolute Gasteiger partial charge is 0.378 e. The predicted octanol–water partition coefficient (Wildman–Crippen LogP) is 1.78. The van der Waals surface area contributed by atoms with Crippen LogP contribution in [0.25, 0.3) is 0 Å². The molecule has 2 aromatic rings. The Morgan fingerprint density at radius 1 is 1.35 bits per heavy atom. The molecule has 122 valence electrons. The van der Waals surface area contributed by atoms with Crippen LogP contribution in [0.1, 0.15) is 12.0 Å². The zero-order chi connectivity index (χ0) is 16.8. The highest BCUT2D eigenvalue weighted by molar-refractivity contribution is 5.74. The highest BCUT2D eigenvalue weighted by Gasteiger charge is 2.23. The van der Waals surface area contributed by atoms with Crippen molar-refractivity contribution in [2.45, 2.75) is 13.3 Å². The van der Waals surface area contributed by atoms with Gasteiger partial charge in [0, 0.05) is 12.2 Å². The van der Waals surface area contributed by atoms with E-state index < -0.39 is 4.92 Å². The summed E-state index contributed by atoms with van der Waals surface area (Å²) in [7, 11) is 0. The summed E-state index contributed by atoms with van der Waals surface area (Å²) in [5, 5.41) is 17.1. The number of aromatic nitrogens is 2. The highest BCUT2D eigenvalue weighted by Crippen LogP contribution is 2.31. The van der Waals surface area contributed by atoms with Gasteiger partial charge in [-0.2, -0.15) is 9.97 Å². The monoisotopic (exact) mass is 317 g/mol. The summed E-state index contributed by atoms with van der Waals surface area (Å²) in [5.74, 6) is 0.0652. The summed E-state index contributed by atoms with van der Waals surface area (Å²) < 4.78 is 0. The standard InChI is InChI=1S/C14H19N7O2/c1-9-4-2-5-10(8-9)18-13-11(21(22)23)12(16)19-14(20-13)17-7-3-6-15/h2,4-5,8H,3,6-7,15H2,1H3,(H4,16,17,18,19,20). The van der Waals surface area contributed by atoms with Gasteiger partial charge in [-0.15, -0.1) is 0 Å². The van der Waals surface area contributed by atoms with Crippen LogP contribution < -0.4 is 22.1 Å². The second-order valence-electron chi connectivity index (χ2n) is 4.95. The molecule has 0 spiro atoms. The molecule has 1 aromatic heterocycles. The van der Waals surface area contributed by atoms with Gasteiger partial charge in [-0.1, -0.05) is 12.1 Å². The predicted molar refractivity (Wildman–Crippen MR) is 89.7 cm³/mol. The van der Waals surface area contributed by atoms with Crippen molar-refractivity contribution in [3.63, 3.8) is 0 Å². The van der Waals surface area contributed by atoms with Gasteiger partial charge in [-0.05, 0) is 37.6 Å². The SMILES string of the molecule is Cc1cccc(Nc2nc(NCCCN)nc(N)c2[N+](=O)[O-])c1. The number of hydrogen-bond donors (Lipinski definition) is 4. The molecule has 0 unspecified atom stereocenters. The molecule has 1 heterocycles. The van der Waals surface area contributed by atoms with Gasteiger partial charge in [0.2, 0.25) is 17.6 Å². The van der Waals surface area contributed by atoms with Gasteiger partial charge in [-0.3, -0.25) is 10.1 Å². The summed E-state index contributed by atoms with van der Waals surface area (Å²) in [5.41, 5.74) is 12.5. The first-order chi connectivity index (χ1) is 11.0. The lowest BCUT2D eigenvalue weighted by molar-refractivity contribution is -0.383. The molecule has 0 fully saturated rings. The molecular formula is C14H19N7O2. The second kappa shape index (κ2) is 7.36. The summed E-state index contributed by atoms with van der Waals surface area (Å²) in [4.78, 5) is 18.7. The molecule has 0 atom stereocenters. The van der Waals surface area contributed by atoms with Crippen LogP contribution in [0, 0.1) is 17.0 Å². The minimum Gasteiger partial charge on any atom is -0.378 e. The third kappa shape index (κ3) is 4.27. The van der Waals surface area contributed by atoms with E-state index in [0.29, 0.717) is 18.8 Å². The van der Waals surface area contributed by atoms with Gasteiger partial charge in [0.05, 0.1) is 4.92 Å². The minimum absolute atomic E-state index is 0.0448. The maximum Gasteiger partial charge on any atom is 0.353 e.